The molecule has 0 heterocycles. The molecule has 1 amide bonds. The molecule has 0 saturated heterocycles. The van der Waals surface area contributed by atoms with E-state index in [2.05, 4.69) is 5.32 Å². The van der Waals surface area contributed by atoms with E-state index in [0.29, 0.717) is 6.42 Å². The van der Waals surface area contributed by atoms with Gasteiger partial charge in [0.15, 0.2) is 0 Å². The summed E-state index contributed by atoms with van der Waals surface area (Å²) in [4.78, 5) is 11.7. The number of halogens is 2. The van der Waals surface area contributed by atoms with Crippen LogP contribution in [0.15, 0.2) is 18.2 Å². The van der Waals surface area contributed by atoms with E-state index in [-0.39, 0.29) is 18.0 Å². The van der Waals surface area contributed by atoms with Gasteiger partial charge in [-0.05, 0) is 57.4 Å². The van der Waals surface area contributed by atoms with Crippen LogP contribution in [0.25, 0.3) is 0 Å². The van der Waals surface area contributed by atoms with Crippen molar-refractivity contribution in [3.8, 4) is 0 Å². The fourth-order valence-corrected chi connectivity index (χ4v) is 1.74. The van der Waals surface area contributed by atoms with Gasteiger partial charge in [0.1, 0.15) is 17.2 Å². The summed E-state index contributed by atoms with van der Waals surface area (Å²) in [5, 5.41) is 2.67. The number of amides is 1. The van der Waals surface area contributed by atoms with Crippen molar-refractivity contribution in [1.29, 1.82) is 0 Å². The minimum Gasteiger partial charge on any atom is -0.444 e. The summed E-state index contributed by atoms with van der Waals surface area (Å²) in [6.07, 6.45) is 0.260. The number of ether oxygens (including phenoxy) is 1. The van der Waals surface area contributed by atoms with Crippen molar-refractivity contribution in [3.05, 3.63) is 35.4 Å². The van der Waals surface area contributed by atoms with Gasteiger partial charge in [-0.1, -0.05) is 6.92 Å². The van der Waals surface area contributed by atoms with Crippen molar-refractivity contribution in [2.75, 3.05) is 0 Å². The summed E-state index contributed by atoms with van der Waals surface area (Å²) in [6.45, 7) is 7.15. The van der Waals surface area contributed by atoms with Gasteiger partial charge in [-0.15, -0.1) is 0 Å². The molecule has 0 aliphatic heterocycles. The zero-order valence-corrected chi connectivity index (χ0v) is 12.3. The molecule has 112 valence electrons. The average Bonchev–Trinajstić information content (AvgIpc) is 2.30. The molecule has 0 unspecified atom stereocenters. The highest BCUT2D eigenvalue weighted by Crippen LogP contribution is 2.14. The summed E-state index contributed by atoms with van der Waals surface area (Å²) in [7, 11) is 0. The monoisotopic (exact) mass is 285 g/mol. The van der Waals surface area contributed by atoms with E-state index in [4.69, 9.17) is 4.74 Å². The van der Waals surface area contributed by atoms with Gasteiger partial charge in [0.05, 0.1) is 0 Å². The Morgan fingerprint density at radius 2 is 2.00 bits per heavy atom. The molecule has 1 atom stereocenters. The van der Waals surface area contributed by atoms with Crippen LogP contribution in [0, 0.1) is 11.6 Å². The van der Waals surface area contributed by atoms with E-state index in [0.717, 1.165) is 18.2 Å². The predicted octanol–water partition coefficient (Wildman–Crippen LogP) is 3.81. The van der Waals surface area contributed by atoms with Crippen molar-refractivity contribution in [1.82, 2.24) is 5.32 Å². The van der Waals surface area contributed by atoms with Gasteiger partial charge in [-0.2, -0.15) is 0 Å². The second kappa shape index (κ2) is 6.68. The molecule has 0 aromatic heterocycles. The van der Waals surface area contributed by atoms with Gasteiger partial charge >= 0.3 is 6.09 Å². The number of carbonyl (C=O) groups is 1. The molecule has 1 aromatic rings. The van der Waals surface area contributed by atoms with Crippen LogP contribution < -0.4 is 5.32 Å². The highest BCUT2D eigenvalue weighted by molar-refractivity contribution is 5.68. The molecule has 0 bridgehead atoms. The Bertz CT molecular complexity index is 469. The van der Waals surface area contributed by atoms with Crippen LogP contribution in [0.5, 0.6) is 0 Å². The van der Waals surface area contributed by atoms with Crippen molar-refractivity contribution < 1.29 is 18.3 Å². The number of carbonyl (C=O) groups excluding carboxylic acids is 1. The fraction of sp³-hybridized carbons (Fsp3) is 0.533. The van der Waals surface area contributed by atoms with Crippen LogP contribution in [0.3, 0.4) is 0 Å². The second-order valence-corrected chi connectivity index (χ2v) is 5.69. The first-order chi connectivity index (χ1) is 9.21. The van der Waals surface area contributed by atoms with E-state index < -0.39 is 23.3 Å². The predicted molar refractivity (Wildman–Crippen MR) is 73.5 cm³/mol. The molecule has 0 radical (unpaired) electrons. The van der Waals surface area contributed by atoms with Crippen LogP contribution in [-0.2, 0) is 11.2 Å². The van der Waals surface area contributed by atoms with E-state index >= 15 is 0 Å². The van der Waals surface area contributed by atoms with Crippen molar-refractivity contribution in [2.45, 2.75) is 52.2 Å². The number of hydrogen-bond donors (Lipinski definition) is 1. The topological polar surface area (TPSA) is 38.3 Å². The molecule has 1 N–H and O–H groups in total. The molecule has 0 aliphatic rings. The lowest BCUT2D eigenvalue weighted by molar-refractivity contribution is 0.0502. The van der Waals surface area contributed by atoms with Crippen molar-refractivity contribution in [2.24, 2.45) is 0 Å². The van der Waals surface area contributed by atoms with E-state index in [9.17, 15) is 13.6 Å². The number of hydrogen-bond acceptors (Lipinski definition) is 2. The lowest BCUT2D eigenvalue weighted by Gasteiger charge is -2.23. The molecule has 0 saturated carbocycles. The number of rotatable bonds is 4. The molecule has 1 aromatic carbocycles. The third-order valence-corrected chi connectivity index (χ3v) is 2.69. The smallest absolute Gasteiger partial charge is 0.407 e. The highest BCUT2D eigenvalue weighted by Gasteiger charge is 2.19. The first-order valence-electron chi connectivity index (χ1n) is 6.64. The highest BCUT2D eigenvalue weighted by atomic mass is 19.1. The normalized spacial score (nSPS) is 12.9. The lowest BCUT2D eigenvalue weighted by Crippen LogP contribution is -2.40. The van der Waals surface area contributed by atoms with Crippen molar-refractivity contribution >= 4 is 6.09 Å². The quantitative estimate of drug-likeness (QED) is 0.913. The minimum atomic E-state index is -0.591. The maximum absolute atomic E-state index is 13.6. The summed E-state index contributed by atoms with van der Waals surface area (Å²) >= 11 is 0. The minimum absolute atomic E-state index is 0.222. The Balaban J connectivity index is 2.68. The van der Waals surface area contributed by atoms with Crippen LogP contribution >= 0.6 is 0 Å². The van der Waals surface area contributed by atoms with E-state index in [1.54, 1.807) is 20.8 Å². The summed E-state index contributed by atoms with van der Waals surface area (Å²) in [5.41, 5.74) is -0.347. The molecule has 1 rings (SSSR count). The van der Waals surface area contributed by atoms with Gasteiger partial charge in [0.25, 0.3) is 0 Å². The van der Waals surface area contributed by atoms with Gasteiger partial charge in [0.2, 0.25) is 0 Å². The van der Waals surface area contributed by atoms with Gasteiger partial charge in [-0.25, -0.2) is 13.6 Å². The summed E-state index contributed by atoms with van der Waals surface area (Å²) < 4.78 is 31.8. The molecule has 3 nitrogen and oxygen atoms in total. The molecule has 0 fully saturated rings. The Hall–Kier alpha value is -1.65. The molecule has 0 aliphatic carbocycles. The Morgan fingerprint density at radius 3 is 2.55 bits per heavy atom. The third kappa shape index (κ3) is 5.55. The third-order valence-electron chi connectivity index (χ3n) is 2.69. The van der Waals surface area contributed by atoms with E-state index in [1.165, 1.54) is 0 Å². The maximum Gasteiger partial charge on any atom is 0.407 e. The molecule has 0 spiro atoms. The van der Waals surface area contributed by atoms with Crippen LogP contribution in [0.4, 0.5) is 13.6 Å². The maximum atomic E-state index is 13.6. The first kappa shape index (κ1) is 16.4. The van der Waals surface area contributed by atoms with Crippen molar-refractivity contribution in [3.63, 3.8) is 0 Å². The zero-order valence-electron chi connectivity index (χ0n) is 12.3. The Morgan fingerprint density at radius 1 is 1.35 bits per heavy atom. The molecular weight excluding hydrogens is 264 g/mol. The van der Waals surface area contributed by atoms with Gasteiger partial charge in [-0.3, -0.25) is 0 Å². The SMILES string of the molecule is CC[C@H](Cc1cc(F)ccc1F)NC(=O)OC(C)(C)C. The average molecular weight is 285 g/mol. The number of nitrogens with one attached hydrogen (secondary N) is 1. The van der Waals surface area contributed by atoms with Gasteiger partial charge < -0.3 is 10.1 Å². The fourth-order valence-electron chi connectivity index (χ4n) is 1.74. The number of alkyl carbamates (subject to hydrolysis) is 1. The Labute approximate surface area is 118 Å². The standard InChI is InChI=1S/C15H21F2NO2/c1-5-12(18-14(19)20-15(2,3)4)9-10-8-11(16)6-7-13(10)17/h6-8,12H,5,9H2,1-4H3,(H,18,19)/t12-/m1/s1. The van der Waals surface area contributed by atoms with Gasteiger partial charge in [0, 0.05) is 6.04 Å². The molecule has 5 heteroatoms. The summed E-state index contributed by atoms with van der Waals surface area (Å²) in [6, 6.07) is 3.00. The second-order valence-electron chi connectivity index (χ2n) is 5.69. The van der Waals surface area contributed by atoms with Crippen LogP contribution in [-0.4, -0.2) is 17.7 Å². The zero-order chi connectivity index (χ0) is 15.3. The lowest BCUT2D eigenvalue weighted by atomic mass is 10.0. The van der Waals surface area contributed by atoms with Crippen LogP contribution in [0.2, 0.25) is 0 Å². The number of benzene rings is 1. The van der Waals surface area contributed by atoms with E-state index in [1.807, 2.05) is 6.92 Å². The first-order valence-corrected chi connectivity index (χ1v) is 6.64. The largest absolute Gasteiger partial charge is 0.444 e. The molecular formula is C15H21F2NO2. The summed E-state index contributed by atoms with van der Waals surface area (Å²) in [5.74, 6) is -0.968. The van der Waals surface area contributed by atoms with Crippen LogP contribution in [0.1, 0.15) is 39.7 Å². The Kier molecular flexibility index (Phi) is 5.48. The molecule has 20 heavy (non-hydrogen) atoms.